The van der Waals surface area contributed by atoms with Crippen molar-refractivity contribution in [1.82, 2.24) is 19.7 Å². The van der Waals surface area contributed by atoms with Gasteiger partial charge in [0.05, 0.1) is 11.0 Å². The van der Waals surface area contributed by atoms with E-state index in [0.717, 1.165) is 48.7 Å². The van der Waals surface area contributed by atoms with Crippen molar-refractivity contribution in [3.63, 3.8) is 0 Å². The minimum Gasteiger partial charge on any atom is -0.351 e. The van der Waals surface area contributed by atoms with Gasteiger partial charge in [-0.25, -0.2) is 9.97 Å². The molecule has 1 fully saturated rings. The highest BCUT2D eigenvalue weighted by Crippen LogP contribution is 2.24. The van der Waals surface area contributed by atoms with Crippen LogP contribution in [0.5, 0.6) is 0 Å². The third-order valence-electron chi connectivity index (χ3n) is 3.87. The van der Waals surface area contributed by atoms with Gasteiger partial charge in [0.15, 0.2) is 11.5 Å². The number of nitrogens with zero attached hydrogens (tertiary/aromatic N) is 4. The molecule has 20 heavy (non-hydrogen) atoms. The van der Waals surface area contributed by atoms with E-state index in [4.69, 9.17) is 4.98 Å². The van der Waals surface area contributed by atoms with E-state index >= 15 is 0 Å². The average Bonchev–Trinajstić information content (AvgIpc) is 2.96. The summed E-state index contributed by atoms with van der Waals surface area (Å²) in [5, 5.41) is 3.38. The summed E-state index contributed by atoms with van der Waals surface area (Å²) in [6.07, 6.45) is 3.86. The van der Waals surface area contributed by atoms with Crippen LogP contribution < -0.4 is 10.2 Å². The Bertz CT molecular complexity index is 770. The Morgan fingerprint density at radius 2 is 2.05 bits per heavy atom. The largest absolute Gasteiger partial charge is 0.351 e. The Labute approximate surface area is 117 Å². The zero-order valence-electron chi connectivity index (χ0n) is 11.5. The molecule has 0 bridgehead atoms. The molecule has 1 N–H and O–H groups in total. The Hall–Kier alpha value is -2.14. The fourth-order valence-electron chi connectivity index (χ4n) is 2.84. The van der Waals surface area contributed by atoms with Gasteiger partial charge in [-0.3, -0.25) is 4.40 Å². The molecule has 3 aromatic rings. The number of piperazine rings is 1. The molecule has 0 amide bonds. The molecular formula is C15H17N5. The first-order valence-electron chi connectivity index (χ1n) is 7.02. The van der Waals surface area contributed by atoms with Crippen molar-refractivity contribution in [3.05, 3.63) is 36.2 Å². The number of hydrogen-bond donors (Lipinski definition) is 1. The number of rotatable bonds is 1. The van der Waals surface area contributed by atoms with Crippen LogP contribution in [0, 0.1) is 6.92 Å². The zero-order chi connectivity index (χ0) is 13.5. The molecule has 1 aliphatic rings. The van der Waals surface area contributed by atoms with Crippen LogP contribution in [0.1, 0.15) is 5.56 Å². The average molecular weight is 267 g/mol. The molecule has 5 nitrogen and oxygen atoms in total. The molecule has 4 rings (SSSR count). The highest BCUT2D eigenvalue weighted by Gasteiger charge is 2.17. The maximum atomic E-state index is 4.87. The number of anilines is 1. The van der Waals surface area contributed by atoms with Gasteiger partial charge in [0.25, 0.3) is 0 Å². The van der Waals surface area contributed by atoms with Crippen LogP contribution in [0.3, 0.4) is 0 Å². The third-order valence-corrected chi connectivity index (χ3v) is 3.87. The molecule has 0 aliphatic carbocycles. The van der Waals surface area contributed by atoms with E-state index in [0.29, 0.717) is 0 Å². The molecule has 5 heteroatoms. The van der Waals surface area contributed by atoms with Crippen molar-refractivity contribution in [3.8, 4) is 0 Å². The van der Waals surface area contributed by atoms with Crippen molar-refractivity contribution in [2.45, 2.75) is 6.92 Å². The molecule has 1 aromatic carbocycles. The number of aromatic nitrogens is 3. The molecule has 0 radical (unpaired) electrons. The number of aryl methyl sites for hydroxylation is 1. The van der Waals surface area contributed by atoms with Crippen LogP contribution in [0.2, 0.25) is 0 Å². The summed E-state index contributed by atoms with van der Waals surface area (Å²) in [5.41, 5.74) is 4.32. The minimum absolute atomic E-state index is 0.947. The first-order valence-corrected chi connectivity index (χ1v) is 7.02. The Morgan fingerprint density at radius 1 is 1.20 bits per heavy atom. The Balaban J connectivity index is 1.99. The highest BCUT2D eigenvalue weighted by atomic mass is 15.3. The van der Waals surface area contributed by atoms with E-state index in [9.17, 15) is 0 Å². The molecule has 0 spiro atoms. The van der Waals surface area contributed by atoms with Crippen molar-refractivity contribution >= 4 is 22.5 Å². The first-order chi connectivity index (χ1) is 9.83. The maximum Gasteiger partial charge on any atom is 0.180 e. The van der Waals surface area contributed by atoms with Gasteiger partial charge in [-0.15, -0.1) is 0 Å². The van der Waals surface area contributed by atoms with Crippen molar-refractivity contribution in [2.75, 3.05) is 31.1 Å². The summed E-state index contributed by atoms with van der Waals surface area (Å²) in [6, 6.07) is 6.38. The van der Waals surface area contributed by atoms with E-state index in [1.807, 2.05) is 12.4 Å². The number of imidazole rings is 1. The fourth-order valence-corrected chi connectivity index (χ4v) is 2.84. The van der Waals surface area contributed by atoms with Gasteiger partial charge in [0.2, 0.25) is 0 Å². The summed E-state index contributed by atoms with van der Waals surface area (Å²) < 4.78 is 2.14. The van der Waals surface area contributed by atoms with Gasteiger partial charge in [-0.2, -0.15) is 0 Å². The molecule has 1 aliphatic heterocycles. The van der Waals surface area contributed by atoms with Crippen LogP contribution >= 0.6 is 0 Å². The van der Waals surface area contributed by atoms with Crippen LogP contribution in [0.25, 0.3) is 16.7 Å². The van der Waals surface area contributed by atoms with E-state index in [1.54, 1.807) is 0 Å². The van der Waals surface area contributed by atoms with Gasteiger partial charge in [-0.1, -0.05) is 6.07 Å². The van der Waals surface area contributed by atoms with Crippen molar-refractivity contribution in [2.24, 2.45) is 0 Å². The molecular weight excluding hydrogens is 250 g/mol. The van der Waals surface area contributed by atoms with E-state index in [1.165, 1.54) is 5.56 Å². The number of benzene rings is 1. The highest BCUT2D eigenvalue weighted by molar-refractivity contribution is 5.83. The van der Waals surface area contributed by atoms with E-state index in [2.05, 4.69) is 44.7 Å². The van der Waals surface area contributed by atoms with Gasteiger partial charge in [-0.05, 0) is 24.6 Å². The molecule has 2 aromatic heterocycles. The smallest absolute Gasteiger partial charge is 0.180 e. The van der Waals surface area contributed by atoms with Crippen LogP contribution in [-0.2, 0) is 0 Å². The van der Waals surface area contributed by atoms with Crippen LogP contribution in [-0.4, -0.2) is 40.5 Å². The second kappa shape index (κ2) is 4.45. The SMILES string of the molecule is Cc1ccc2c(c1)nc(N1CCNCC1)c1nccn12. The zero-order valence-corrected chi connectivity index (χ0v) is 11.5. The molecule has 0 saturated carbocycles. The Kier molecular flexibility index (Phi) is 2.60. The lowest BCUT2D eigenvalue weighted by Crippen LogP contribution is -2.44. The van der Waals surface area contributed by atoms with E-state index < -0.39 is 0 Å². The normalized spacial score (nSPS) is 16.1. The predicted octanol–water partition coefficient (Wildman–Crippen LogP) is 1.60. The minimum atomic E-state index is 0.947. The van der Waals surface area contributed by atoms with Crippen LogP contribution in [0.4, 0.5) is 5.82 Å². The summed E-state index contributed by atoms with van der Waals surface area (Å²) >= 11 is 0. The second-order valence-corrected chi connectivity index (χ2v) is 5.29. The lowest BCUT2D eigenvalue weighted by atomic mass is 10.2. The lowest BCUT2D eigenvalue weighted by molar-refractivity contribution is 0.586. The van der Waals surface area contributed by atoms with Gasteiger partial charge < -0.3 is 10.2 Å². The lowest BCUT2D eigenvalue weighted by Gasteiger charge is -2.28. The van der Waals surface area contributed by atoms with Gasteiger partial charge in [0, 0.05) is 38.6 Å². The second-order valence-electron chi connectivity index (χ2n) is 5.29. The molecule has 0 unspecified atom stereocenters. The van der Waals surface area contributed by atoms with Crippen molar-refractivity contribution in [1.29, 1.82) is 0 Å². The van der Waals surface area contributed by atoms with Gasteiger partial charge in [0.1, 0.15) is 0 Å². The summed E-state index contributed by atoms with van der Waals surface area (Å²) in [5.74, 6) is 0.995. The fraction of sp³-hybridized carbons (Fsp3) is 0.333. The number of hydrogen-bond acceptors (Lipinski definition) is 4. The topological polar surface area (TPSA) is 45.5 Å². The monoisotopic (exact) mass is 267 g/mol. The van der Waals surface area contributed by atoms with Crippen LogP contribution in [0.15, 0.2) is 30.6 Å². The quantitative estimate of drug-likeness (QED) is 0.727. The van der Waals surface area contributed by atoms with Crippen molar-refractivity contribution < 1.29 is 0 Å². The first kappa shape index (κ1) is 11.7. The predicted molar refractivity (Wildman–Crippen MR) is 80.3 cm³/mol. The molecule has 0 atom stereocenters. The number of fused-ring (bicyclic) bond motifs is 3. The summed E-state index contributed by atoms with van der Waals surface area (Å²) in [6.45, 7) is 6.06. The van der Waals surface area contributed by atoms with E-state index in [-0.39, 0.29) is 0 Å². The summed E-state index contributed by atoms with van der Waals surface area (Å²) in [4.78, 5) is 11.7. The molecule has 1 saturated heterocycles. The third kappa shape index (κ3) is 1.74. The van der Waals surface area contributed by atoms with Gasteiger partial charge >= 0.3 is 0 Å². The maximum absolute atomic E-state index is 4.87. The molecule has 3 heterocycles. The molecule has 102 valence electrons. The number of nitrogens with one attached hydrogen (secondary N) is 1. The standard InChI is InChI=1S/C15H17N5/c1-11-2-3-13-12(10-11)18-15(14-17-6-9-20(13)14)19-7-4-16-5-8-19/h2-3,6,9-10,16H,4-5,7-8H2,1H3. The Morgan fingerprint density at radius 3 is 2.90 bits per heavy atom. The summed E-state index contributed by atoms with van der Waals surface area (Å²) in [7, 11) is 0.